The maximum Gasteiger partial charge on any atom is 0.164 e. The average molecular weight is 752 g/mol. The minimum atomic E-state index is 0.614. The minimum absolute atomic E-state index is 0.614. The molecule has 0 aliphatic heterocycles. The molecular formula is C53H45N5. The molecule has 0 atom stereocenters. The number of nitrogens with one attached hydrogen (secondary N) is 1. The Morgan fingerprint density at radius 2 is 1.16 bits per heavy atom. The third kappa shape index (κ3) is 8.91. The van der Waals surface area contributed by atoms with Gasteiger partial charge in [0.1, 0.15) is 0 Å². The lowest BCUT2D eigenvalue weighted by Crippen LogP contribution is -2.01. The van der Waals surface area contributed by atoms with Gasteiger partial charge in [0, 0.05) is 50.9 Å². The van der Waals surface area contributed by atoms with Crippen LogP contribution in [0, 0.1) is 6.92 Å². The van der Waals surface area contributed by atoms with E-state index in [1.807, 2.05) is 134 Å². The Bertz CT molecular complexity index is 2670. The number of para-hydroxylation sites is 2. The van der Waals surface area contributed by atoms with Gasteiger partial charge in [-0.15, -0.1) is 0 Å². The highest BCUT2D eigenvalue weighted by Crippen LogP contribution is 2.34. The highest BCUT2D eigenvalue weighted by atomic mass is 15.0. The molecule has 0 saturated heterocycles. The average Bonchev–Trinajstić information content (AvgIpc) is 3.56. The predicted octanol–water partition coefficient (Wildman–Crippen LogP) is 13.5. The van der Waals surface area contributed by atoms with Crippen LogP contribution in [0.3, 0.4) is 0 Å². The van der Waals surface area contributed by atoms with Gasteiger partial charge in [-0.05, 0) is 96.8 Å². The van der Waals surface area contributed by atoms with E-state index in [1.54, 1.807) is 0 Å². The van der Waals surface area contributed by atoms with Crippen LogP contribution in [-0.2, 0) is 0 Å². The Hall–Kier alpha value is -7.63. The molecule has 5 nitrogen and oxygen atoms in total. The maximum atomic E-state index is 4.94. The summed E-state index contributed by atoms with van der Waals surface area (Å²) in [7, 11) is 0. The van der Waals surface area contributed by atoms with E-state index in [2.05, 4.69) is 103 Å². The number of hydrogen-bond acceptors (Lipinski definition) is 4. The number of benzene rings is 5. The summed E-state index contributed by atoms with van der Waals surface area (Å²) in [5.74, 6) is 1.88. The Morgan fingerprint density at radius 1 is 0.603 bits per heavy atom. The smallest absolute Gasteiger partial charge is 0.164 e. The van der Waals surface area contributed by atoms with Crippen LogP contribution >= 0.6 is 0 Å². The third-order valence-corrected chi connectivity index (χ3v) is 9.73. The summed E-state index contributed by atoms with van der Waals surface area (Å²) in [6.45, 7) is 17.0. The molecule has 0 spiro atoms. The quantitative estimate of drug-likeness (QED) is 0.112. The second-order valence-corrected chi connectivity index (χ2v) is 13.6. The first-order valence-corrected chi connectivity index (χ1v) is 19.2. The fourth-order valence-corrected chi connectivity index (χ4v) is 6.68. The molecule has 5 heteroatoms. The Morgan fingerprint density at radius 3 is 1.74 bits per heavy atom. The molecule has 0 aliphatic carbocycles. The van der Waals surface area contributed by atoms with Crippen LogP contribution in [0.4, 0.5) is 5.69 Å². The summed E-state index contributed by atoms with van der Waals surface area (Å²) in [4.78, 5) is 14.7. The molecule has 5 aromatic carbocycles. The number of rotatable bonds is 14. The summed E-state index contributed by atoms with van der Waals surface area (Å²) < 4.78 is 2.30. The van der Waals surface area contributed by atoms with Crippen molar-refractivity contribution in [2.45, 2.75) is 13.8 Å². The second kappa shape index (κ2) is 18.3. The van der Waals surface area contributed by atoms with Crippen molar-refractivity contribution in [2.24, 2.45) is 0 Å². The number of anilines is 1. The van der Waals surface area contributed by atoms with Crippen molar-refractivity contribution in [2.75, 3.05) is 5.32 Å². The lowest BCUT2D eigenvalue weighted by molar-refractivity contribution is 1.05. The highest BCUT2D eigenvalue weighted by molar-refractivity contribution is 5.94. The van der Waals surface area contributed by atoms with Crippen molar-refractivity contribution in [1.82, 2.24) is 19.5 Å². The molecular weight excluding hydrogens is 707 g/mol. The topological polar surface area (TPSA) is 55.6 Å². The van der Waals surface area contributed by atoms with E-state index in [-0.39, 0.29) is 0 Å². The van der Waals surface area contributed by atoms with Gasteiger partial charge in [-0.2, -0.15) is 0 Å². The van der Waals surface area contributed by atoms with Crippen molar-refractivity contribution >= 4 is 22.7 Å². The molecule has 0 saturated carbocycles. The summed E-state index contributed by atoms with van der Waals surface area (Å²) in [5, 5.41) is 4.52. The van der Waals surface area contributed by atoms with Gasteiger partial charge in [0.2, 0.25) is 0 Å². The first kappa shape index (κ1) is 38.6. The lowest BCUT2D eigenvalue weighted by atomic mass is 9.97. The Balaban J connectivity index is 1.28. The third-order valence-electron chi connectivity index (χ3n) is 9.73. The van der Waals surface area contributed by atoms with E-state index in [4.69, 9.17) is 15.0 Å². The van der Waals surface area contributed by atoms with Gasteiger partial charge in [-0.1, -0.05) is 147 Å². The molecule has 0 unspecified atom stereocenters. The highest BCUT2D eigenvalue weighted by Gasteiger charge is 2.17. The van der Waals surface area contributed by atoms with E-state index >= 15 is 0 Å². The van der Waals surface area contributed by atoms with Crippen molar-refractivity contribution < 1.29 is 0 Å². The second-order valence-electron chi connectivity index (χ2n) is 13.6. The van der Waals surface area contributed by atoms with Crippen LogP contribution in [0.1, 0.15) is 18.2 Å². The Labute approximate surface area is 341 Å². The van der Waals surface area contributed by atoms with Crippen LogP contribution in [0.2, 0.25) is 0 Å². The minimum Gasteiger partial charge on any atom is -0.362 e. The van der Waals surface area contributed by atoms with E-state index < -0.39 is 0 Å². The van der Waals surface area contributed by atoms with Gasteiger partial charge in [0.25, 0.3) is 0 Å². The molecule has 0 bridgehead atoms. The normalized spacial score (nSPS) is 12.2. The number of nitrogens with zero attached hydrogens (tertiary/aromatic N) is 4. The summed E-state index contributed by atoms with van der Waals surface area (Å²) in [6.07, 6.45) is 18.1. The molecule has 2 heterocycles. The van der Waals surface area contributed by atoms with Gasteiger partial charge < -0.3 is 9.88 Å². The van der Waals surface area contributed by atoms with Gasteiger partial charge >= 0.3 is 0 Å². The molecule has 0 amide bonds. The van der Waals surface area contributed by atoms with Crippen LogP contribution in [0.25, 0.3) is 56.8 Å². The lowest BCUT2D eigenvalue weighted by Gasteiger charge is -2.11. The Kier molecular flexibility index (Phi) is 12.2. The molecule has 2 aromatic heterocycles. The first-order valence-electron chi connectivity index (χ1n) is 19.2. The largest absolute Gasteiger partial charge is 0.362 e. The summed E-state index contributed by atoms with van der Waals surface area (Å²) in [5.41, 5.74) is 11.6. The van der Waals surface area contributed by atoms with Gasteiger partial charge in [-0.3, -0.25) is 0 Å². The van der Waals surface area contributed by atoms with Crippen molar-refractivity contribution in [3.05, 3.63) is 242 Å². The fraction of sp³-hybridized carbons (Fsp3) is 0.0377. The van der Waals surface area contributed by atoms with Crippen molar-refractivity contribution in [1.29, 1.82) is 0 Å². The van der Waals surface area contributed by atoms with E-state index in [9.17, 15) is 0 Å². The zero-order chi connectivity index (χ0) is 40.3. The van der Waals surface area contributed by atoms with E-state index in [0.717, 1.165) is 72.5 Å². The molecule has 282 valence electrons. The zero-order valence-corrected chi connectivity index (χ0v) is 32.9. The number of allylic oxidation sites excluding steroid dienone is 11. The molecule has 1 N–H and O–H groups in total. The van der Waals surface area contributed by atoms with Crippen LogP contribution in [0.15, 0.2) is 230 Å². The van der Waals surface area contributed by atoms with E-state index in [1.165, 1.54) is 0 Å². The molecule has 0 radical (unpaired) electrons. The van der Waals surface area contributed by atoms with Crippen LogP contribution < -0.4 is 5.32 Å². The molecule has 7 aromatic rings. The van der Waals surface area contributed by atoms with Crippen LogP contribution in [0.5, 0.6) is 0 Å². The predicted molar refractivity (Wildman–Crippen MR) is 245 cm³/mol. The molecule has 58 heavy (non-hydrogen) atoms. The van der Waals surface area contributed by atoms with Gasteiger partial charge in [0.05, 0.1) is 5.52 Å². The standard InChI is InChI=1S/C53H45N5/c1-6-8-12-21-38(3)39(4)36-45(34-35-54-46-26-17-11-18-27-46)41(7-2)37-49-40(5)58(50-29-20-19-28-48(49)50)47-32-30-44(31-33-47)53-56-51(42-22-13-9-14-23-42)55-52(57-53)43-24-15-10-16-25-43/h6-37,54H,2-4H2,1,5H3/b8-6-,21-12-,35-34?,41-37+,45-36+. The van der Waals surface area contributed by atoms with Crippen molar-refractivity contribution in [3.63, 3.8) is 0 Å². The summed E-state index contributed by atoms with van der Waals surface area (Å²) in [6, 6.07) is 47.1. The van der Waals surface area contributed by atoms with Crippen molar-refractivity contribution in [3.8, 4) is 39.9 Å². The van der Waals surface area contributed by atoms with E-state index in [0.29, 0.717) is 17.5 Å². The SMILES string of the molecule is C=CC(=C\c1c(C)n(-c2ccc(-c3nc(-c4ccccc4)nc(-c4ccccc4)n3)cc2)c2ccccc12)/C(C=CNc1ccccc1)=C/C(=C)C(=C)/C=C\C=C/C. The maximum absolute atomic E-state index is 4.94. The number of hydrogen-bond donors (Lipinski definition) is 1. The number of fused-ring (bicyclic) bond motifs is 1. The fourth-order valence-electron chi connectivity index (χ4n) is 6.68. The molecule has 7 rings (SSSR count). The monoisotopic (exact) mass is 751 g/mol. The van der Waals surface area contributed by atoms with Gasteiger partial charge in [0.15, 0.2) is 17.5 Å². The van der Waals surface area contributed by atoms with Crippen LogP contribution in [-0.4, -0.2) is 19.5 Å². The van der Waals surface area contributed by atoms with Gasteiger partial charge in [-0.25, -0.2) is 15.0 Å². The molecule has 0 fully saturated rings. The number of aromatic nitrogens is 4. The first-order chi connectivity index (χ1) is 28.4. The zero-order valence-electron chi connectivity index (χ0n) is 32.9. The summed E-state index contributed by atoms with van der Waals surface area (Å²) >= 11 is 0. The molecule has 0 aliphatic rings.